The molecular weight excluding hydrogens is 506 g/mol. The quantitative estimate of drug-likeness (QED) is 0.181. The molecule has 0 bridgehead atoms. The van der Waals surface area contributed by atoms with Crippen LogP contribution in [0.15, 0.2) is 91.4 Å². The predicted molar refractivity (Wildman–Crippen MR) is 158 cm³/mol. The number of hydrogen-bond donors (Lipinski definition) is 3. The molecule has 0 aliphatic heterocycles. The number of hydrazine groups is 1. The summed E-state index contributed by atoms with van der Waals surface area (Å²) in [6.45, 7) is 0. The van der Waals surface area contributed by atoms with Gasteiger partial charge in [0.1, 0.15) is 22.5 Å². The first-order chi connectivity index (χ1) is 19.3. The van der Waals surface area contributed by atoms with Crippen molar-refractivity contribution in [3.63, 3.8) is 0 Å². The van der Waals surface area contributed by atoms with Gasteiger partial charge in [-0.2, -0.15) is 0 Å². The summed E-state index contributed by atoms with van der Waals surface area (Å²) >= 11 is 1.55. The number of anilines is 3. The Kier molecular flexibility index (Phi) is 4.64. The molecule has 0 saturated heterocycles. The fourth-order valence-electron chi connectivity index (χ4n) is 5.27. The van der Waals surface area contributed by atoms with E-state index in [0.29, 0.717) is 11.6 Å². The fourth-order valence-corrected chi connectivity index (χ4v) is 6.22. The molecule has 186 valence electrons. The van der Waals surface area contributed by atoms with E-state index >= 15 is 0 Å². The third-order valence-electron chi connectivity index (χ3n) is 6.91. The van der Waals surface area contributed by atoms with E-state index in [4.69, 9.17) is 10.8 Å². The zero-order chi connectivity index (χ0) is 25.9. The van der Waals surface area contributed by atoms with Crippen molar-refractivity contribution < 1.29 is 0 Å². The number of nitrogens with zero attached hydrogens (tertiary/aromatic N) is 6. The van der Waals surface area contributed by atoms with Crippen LogP contribution in [-0.2, 0) is 0 Å². The number of nitrogens with one attached hydrogen (secondary N) is 2. The van der Waals surface area contributed by atoms with Gasteiger partial charge in [-0.1, -0.05) is 54.6 Å². The van der Waals surface area contributed by atoms with Crippen molar-refractivity contribution in [3.05, 3.63) is 91.4 Å². The first-order valence-electron chi connectivity index (χ1n) is 12.3. The van der Waals surface area contributed by atoms with Crippen LogP contribution in [0.4, 0.5) is 17.3 Å². The lowest BCUT2D eigenvalue weighted by molar-refractivity contribution is 0.893. The Bertz CT molecular complexity index is 2200. The summed E-state index contributed by atoms with van der Waals surface area (Å²) in [5.74, 6) is 1.12. The van der Waals surface area contributed by atoms with Gasteiger partial charge in [0.2, 0.25) is 0 Å². The second-order valence-corrected chi connectivity index (χ2v) is 10.2. The fraction of sp³-hybridized carbons (Fsp3) is 0. The molecule has 8 rings (SSSR count). The average molecular weight is 526 g/mol. The van der Waals surface area contributed by atoms with Crippen LogP contribution < -0.4 is 16.6 Å². The highest BCUT2D eigenvalue weighted by molar-refractivity contribution is 7.25. The molecule has 0 aliphatic carbocycles. The Morgan fingerprint density at radius 3 is 2.44 bits per heavy atom. The minimum Gasteiger partial charge on any atom is -0.384 e. The van der Waals surface area contributed by atoms with Crippen molar-refractivity contribution in [1.82, 2.24) is 29.9 Å². The summed E-state index contributed by atoms with van der Waals surface area (Å²) in [6.07, 6.45) is 3.42. The molecule has 8 aromatic rings. The van der Waals surface area contributed by atoms with Gasteiger partial charge < -0.3 is 5.73 Å². The zero-order valence-corrected chi connectivity index (χ0v) is 21.1. The van der Waals surface area contributed by atoms with E-state index in [2.05, 4.69) is 61.3 Å². The maximum absolute atomic E-state index is 6.26. The monoisotopic (exact) mass is 525 g/mol. The number of para-hydroxylation sites is 1. The summed E-state index contributed by atoms with van der Waals surface area (Å²) in [5, 5.41) is 20.3. The normalized spacial score (nSPS) is 11.7. The summed E-state index contributed by atoms with van der Waals surface area (Å²) in [4.78, 5) is 9.67. The van der Waals surface area contributed by atoms with Crippen LogP contribution in [0.2, 0.25) is 0 Å². The molecule has 4 aromatic heterocycles. The van der Waals surface area contributed by atoms with Crippen molar-refractivity contribution >= 4 is 81.5 Å². The highest BCUT2D eigenvalue weighted by Crippen LogP contribution is 2.43. The van der Waals surface area contributed by atoms with Crippen LogP contribution in [0, 0.1) is 0 Å². The summed E-state index contributed by atoms with van der Waals surface area (Å²) in [5.41, 5.74) is 16.3. The number of aromatic nitrogens is 6. The van der Waals surface area contributed by atoms with E-state index in [9.17, 15) is 0 Å². The Morgan fingerprint density at radius 1 is 0.744 bits per heavy atom. The molecule has 0 radical (unpaired) electrons. The minimum atomic E-state index is 0.527. The van der Waals surface area contributed by atoms with E-state index < -0.39 is 0 Å². The highest BCUT2D eigenvalue weighted by atomic mass is 32.1. The second kappa shape index (κ2) is 8.33. The zero-order valence-electron chi connectivity index (χ0n) is 20.3. The molecule has 10 heteroatoms. The third kappa shape index (κ3) is 3.28. The minimum absolute atomic E-state index is 0.527. The van der Waals surface area contributed by atoms with Crippen LogP contribution in [0.25, 0.3) is 58.6 Å². The van der Waals surface area contributed by atoms with Crippen LogP contribution in [0.5, 0.6) is 0 Å². The first-order valence-corrected chi connectivity index (χ1v) is 13.1. The number of benzene rings is 4. The van der Waals surface area contributed by atoms with Crippen molar-refractivity contribution in [2.45, 2.75) is 0 Å². The molecule has 0 atom stereocenters. The van der Waals surface area contributed by atoms with Gasteiger partial charge in [0.05, 0.1) is 21.6 Å². The Balaban J connectivity index is 1.34. The summed E-state index contributed by atoms with van der Waals surface area (Å²) in [6, 6.07) is 26.1. The smallest absolute Gasteiger partial charge is 0.169 e. The number of fused-ring (bicyclic) bond motifs is 10. The first kappa shape index (κ1) is 21.7. The molecule has 4 heterocycles. The number of nitrogen functional groups attached to an aromatic ring is 1. The molecule has 4 N–H and O–H groups in total. The van der Waals surface area contributed by atoms with Gasteiger partial charge in [-0.05, 0) is 34.4 Å². The molecule has 0 unspecified atom stereocenters. The van der Waals surface area contributed by atoms with E-state index in [1.54, 1.807) is 28.4 Å². The molecule has 4 aromatic carbocycles. The lowest BCUT2D eigenvalue weighted by Gasteiger charge is -2.15. The maximum atomic E-state index is 6.26. The van der Waals surface area contributed by atoms with Crippen molar-refractivity contribution in [1.29, 1.82) is 0 Å². The van der Waals surface area contributed by atoms with Gasteiger partial charge in [0.25, 0.3) is 0 Å². The van der Waals surface area contributed by atoms with Crippen LogP contribution >= 0.6 is 11.3 Å². The summed E-state index contributed by atoms with van der Waals surface area (Å²) < 4.78 is 2.68. The highest BCUT2D eigenvalue weighted by Gasteiger charge is 2.19. The molecule has 0 fully saturated rings. The Labute approximate surface area is 224 Å². The average Bonchev–Trinajstić information content (AvgIpc) is 3.56. The predicted octanol–water partition coefficient (Wildman–Crippen LogP) is 6.30. The van der Waals surface area contributed by atoms with Crippen molar-refractivity contribution in [2.24, 2.45) is 0 Å². The Hall–Kier alpha value is -5.35. The number of thiophene rings is 1. The van der Waals surface area contributed by atoms with E-state index in [0.717, 1.165) is 64.3 Å². The van der Waals surface area contributed by atoms with Crippen LogP contribution in [0.3, 0.4) is 0 Å². The van der Waals surface area contributed by atoms with Gasteiger partial charge >= 0.3 is 0 Å². The SMILES string of the molecule is Nc1cc(NNc2cccc3c4ccccc4c4c(nnc5sc6cncnc6c54)c23)nn1-c1ccccc1. The topological polar surface area (TPSA) is 119 Å². The van der Waals surface area contributed by atoms with Crippen LogP contribution in [-0.4, -0.2) is 29.9 Å². The molecule has 39 heavy (non-hydrogen) atoms. The third-order valence-corrected chi connectivity index (χ3v) is 7.91. The molecule has 9 nitrogen and oxygen atoms in total. The van der Waals surface area contributed by atoms with Gasteiger partial charge in [-0.3, -0.25) is 10.9 Å². The molecule has 0 aliphatic rings. The van der Waals surface area contributed by atoms with Crippen molar-refractivity contribution in [3.8, 4) is 5.69 Å². The number of rotatable bonds is 4. The maximum Gasteiger partial charge on any atom is 0.169 e. The van der Waals surface area contributed by atoms with Crippen LogP contribution in [0.1, 0.15) is 0 Å². The largest absolute Gasteiger partial charge is 0.384 e. The molecular formula is C29H19N9S. The van der Waals surface area contributed by atoms with E-state index in [-0.39, 0.29) is 0 Å². The standard InChI is InChI=1S/C29H19N9S/c30-22-13-23(37-38(22)16-7-2-1-3-8-16)34-33-20-12-6-11-18-17-9-4-5-10-19(17)25-26-27-21(14-31-15-32-27)39-29(26)36-35-28(25)24(18)20/h1-15,33H,30H2,(H,34,37). The van der Waals surface area contributed by atoms with Gasteiger partial charge in [-0.15, -0.1) is 26.6 Å². The van der Waals surface area contributed by atoms with E-state index in [1.165, 1.54) is 0 Å². The molecule has 0 spiro atoms. The number of nitrogens with two attached hydrogens (primary N) is 1. The molecule has 0 amide bonds. The van der Waals surface area contributed by atoms with Crippen molar-refractivity contribution in [2.75, 3.05) is 16.6 Å². The van der Waals surface area contributed by atoms with E-state index in [1.807, 2.05) is 48.7 Å². The number of hydrogen-bond acceptors (Lipinski definition) is 9. The second-order valence-electron chi connectivity index (χ2n) is 9.17. The van der Waals surface area contributed by atoms with Gasteiger partial charge in [0.15, 0.2) is 5.82 Å². The lowest BCUT2D eigenvalue weighted by Crippen LogP contribution is -2.10. The lowest BCUT2D eigenvalue weighted by atomic mass is 9.95. The molecule has 0 saturated carbocycles. The van der Waals surface area contributed by atoms with Gasteiger partial charge in [0, 0.05) is 28.4 Å². The Morgan fingerprint density at radius 2 is 1.54 bits per heavy atom. The van der Waals surface area contributed by atoms with Gasteiger partial charge in [-0.25, -0.2) is 14.6 Å². The summed E-state index contributed by atoms with van der Waals surface area (Å²) in [7, 11) is 0.